The summed E-state index contributed by atoms with van der Waals surface area (Å²) in [7, 11) is 0. The number of fused-ring (bicyclic) bond motifs is 4. The van der Waals surface area contributed by atoms with Crippen molar-refractivity contribution in [1.82, 2.24) is 9.97 Å². The van der Waals surface area contributed by atoms with Crippen LogP contribution in [-0.2, 0) is 6.54 Å². The summed E-state index contributed by atoms with van der Waals surface area (Å²) in [5.41, 5.74) is 6.24. The van der Waals surface area contributed by atoms with Crippen LogP contribution >= 0.6 is 0 Å². The number of anilines is 1. The van der Waals surface area contributed by atoms with Crippen LogP contribution in [0.15, 0.2) is 71.5 Å². The molecule has 1 aliphatic heterocycles. The molecule has 0 saturated heterocycles. The maximum Gasteiger partial charge on any atom is 0.249 e. The third kappa shape index (κ3) is 2.15. The van der Waals surface area contributed by atoms with Gasteiger partial charge in [-0.1, -0.05) is 48.5 Å². The summed E-state index contributed by atoms with van der Waals surface area (Å²) in [5, 5.41) is 4.48. The molecule has 0 aliphatic carbocycles. The first-order valence-corrected chi connectivity index (χ1v) is 8.26. The van der Waals surface area contributed by atoms with E-state index in [1.165, 1.54) is 11.1 Å². The molecule has 2 aromatic carbocycles. The van der Waals surface area contributed by atoms with Gasteiger partial charge in [-0.2, -0.15) is 0 Å². The highest BCUT2D eigenvalue weighted by Gasteiger charge is 2.23. The van der Waals surface area contributed by atoms with Gasteiger partial charge in [0.05, 0.1) is 11.2 Å². The molecule has 0 radical (unpaired) electrons. The molecule has 4 aromatic rings. The average Bonchev–Trinajstić information content (AvgIpc) is 2.66. The van der Waals surface area contributed by atoms with Crippen molar-refractivity contribution in [2.24, 2.45) is 0 Å². The summed E-state index contributed by atoms with van der Waals surface area (Å²) in [6.07, 6.45) is 0. The van der Waals surface area contributed by atoms with Crippen molar-refractivity contribution in [3.05, 3.63) is 82.6 Å². The summed E-state index contributed by atoms with van der Waals surface area (Å²) < 4.78 is 0. The molecule has 3 heterocycles. The Bertz CT molecular complexity index is 1160. The van der Waals surface area contributed by atoms with Gasteiger partial charge in [-0.3, -0.25) is 4.79 Å². The van der Waals surface area contributed by atoms with Crippen molar-refractivity contribution in [1.29, 1.82) is 0 Å². The molecule has 4 nitrogen and oxygen atoms in total. The van der Waals surface area contributed by atoms with Gasteiger partial charge in [-0.15, -0.1) is 0 Å². The normalized spacial score (nSPS) is 12.3. The molecule has 0 bridgehead atoms. The topological polar surface area (TPSA) is 57.8 Å². The lowest BCUT2D eigenvalue weighted by Crippen LogP contribution is -2.17. The number of aromatic nitrogens is 2. The van der Waals surface area contributed by atoms with Crippen LogP contribution in [0.25, 0.3) is 33.3 Å². The lowest BCUT2D eigenvalue weighted by atomic mass is 9.90. The Kier molecular flexibility index (Phi) is 2.97. The smallest absolute Gasteiger partial charge is 0.249 e. The molecule has 2 N–H and O–H groups in total. The zero-order chi connectivity index (χ0) is 16.8. The van der Waals surface area contributed by atoms with Gasteiger partial charge in [0, 0.05) is 29.1 Å². The number of H-pyrrole nitrogens is 1. The highest BCUT2D eigenvalue weighted by atomic mass is 16.1. The summed E-state index contributed by atoms with van der Waals surface area (Å²) in [6, 6.07) is 22.0. The number of nitrogens with one attached hydrogen (secondary N) is 2. The monoisotopic (exact) mass is 325 g/mol. The van der Waals surface area contributed by atoms with Crippen molar-refractivity contribution in [3.63, 3.8) is 0 Å². The molecule has 0 spiro atoms. The van der Waals surface area contributed by atoms with Gasteiger partial charge in [0.2, 0.25) is 5.56 Å². The molecular formula is C21H15N3O. The number of nitrogens with zero attached hydrogens (tertiary/aromatic N) is 1. The molecule has 0 unspecified atom stereocenters. The SMILES string of the molecule is O=c1ccc2c([nH]1)NCc1c-2nc2ccccc2c1-c1ccccc1. The predicted octanol–water partition coefficient (Wildman–Crippen LogP) is 4.18. The Morgan fingerprint density at radius 2 is 1.68 bits per heavy atom. The summed E-state index contributed by atoms with van der Waals surface area (Å²) >= 11 is 0. The van der Waals surface area contributed by atoms with Gasteiger partial charge < -0.3 is 10.3 Å². The van der Waals surface area contributed by atoms with Crippen LogP contribution in [0, 0.1) is 0 Å². The second-order valence-electron chi connectivity index (χ2n) is 6.16. The Morgan fingerprint density at radius 3 is 2.56 bits per heavy atom. The van der Waals surface area contributed by atoms with Gasteiger partial charge in [-0.25, -0.2) is 4.98 Å². The van der Waals surface area contributed by atoms with Crippen molar-refractivity contribution >= 4 is 16.7 Å². The molecule has 25 heavy (non-hydrogen) atoms. The number of aromatic amines is 1. The average molecular weight is 325 g/mol. The zero-order valence-corrected chi connectivity index (χ0v) is 13.4. The molecule has 0 atom stereocenters. The van der Waals surface area contributed by atoms with Crippen LogP contribution in [0.5, 0.6) is 0 Å². The minimum absolute atomic E-state index is 0.112. The number of hydrogen-bond donors (Lipinski definition) is 2. The van der Waals surface area contributed by atoms with E-state index >= 15 is 0 Å². The second kappa shape index (κ2) is 5.31. The summed E-state index contributed by atoms with van der Waals surface area (Å²) in [4.78, 5) is 19.4. The molecule has 0 fully saturated rings. The first-order chi connectivity index (χ1) is 12.3. The van der Waals surface area contributed by atoms with Gasteiger partial charge in [-0.05, 0) is 23.3 Å². The van der Waals surface area contributed by atoms with Gasteiger partial charge in [0.15, 0.2) is 0 Å². The Balaban J connectivity index is 1.91. The molecule has 5 rings (SSSR count). The summed E-state index contributed by atoms with van der Waals surface area (Å²) in [5.74, 6) is 0.738. The van der Waals surface area contributed by atoms with Crippen LogP contribution in [0.1, 0.15) is 5.56 Å². The zero-order valence-electron chi connectivity index (χ0n) is 13.4. The van der Waals surface area contributed by atoms with Crippen molar-refractivity contribution in [2.45, 2.75) is 6.54 Å². The third-order valence-corrected chi connectivity index (χ3v) is 4.67. The lowest BCUT2D eigenvalue weighted by molar-refractivity contribution is 1.06. The number of rotatable bonds is 1. The van der Waals surface area contributed by atoms with Crippen molar-refractivity contribution in [2.75, 3.05) is 5.32 Å². The molecule has 1 aliphatic rings. The van der Waals surface area contributed by atoms with Crippen LogP contribution in [0.4, 0.5) is 5.82 Å². The van der Waals surface area contributed by atoms with E-state index in [-0.39, 0.29) is 5.56 Å². The second-order valence-corrected chi connectivity index (χ2v) is 6.16. The molecule has 0 saturated carbocycles. The van der Waals surface area contributed by atoms with Gasteiger partial charge >= 0.3 is 0 Å². The van der Waals surface area contributed by atoms with E-state index < -0.39 is 0 Å². The fraction of sp³-hybridized carbons (Fsp3) is 0.0476. The van der Waals surface area contributed by atoms with E-state index in [1.54, 1.807) is 6.07 Å². The number of benzene rings is 2. The van der Waals surface area contributed by atoms with Crippen LogP contribution in [0.3, 0.4) is 0 Å². The Morgan fingerprint density at radius 1 is 0.880 bits per heavy atom. The standard InChI is InChI=1S/C21H15N3O/c25-18-11-10-15-20-16(12-22-21(15)24-18)19(13-6-2-1-3-7-13)14-8-4-5-9-17(14)23-20/h1-11H,12H2,(H2,22,24,25). The lowest BCUT2D eigenvalue weighted by Gasteiger charge is -2.24. The fourth-order valence-corrected chi connectivity index (χ4v) is 3.57. The van der Waals surface area contributed by atoms with E-state index in [9.17, 15) is 4.79 Å². The molecule has 4 heteroatoms. The first-order valence-electron chi connectivity index (χ1n) is 8.26. The highest BCUT2D eigenvalue weighted by Crippen LogP contribution is 2.40. The fourth-order valence-electron chi connectivity index (χ4n) is 3.57. The molecule has 120 valence electrons. The van der Waals surface area contributed by atoms with Crippen LogP contribution < -0.4 is 10.9 Å². The molecular weight excluding hydrogens is 310 g/mol. The minimum atomic E-state index is -0.112. The number of hydrogen-bond acceptors (Lipinski definition) is 3. The summed E-state index contributed by atoms with van der Waals surface area (Å²) in [6.45, 7) is 0.629. The minimum Gasteiger partial charge on any atom is -0.367 e. The number of pyridine rings is 2. The van der Waals surface area contributed by atoms with E-state index in [2.05, 4.69) is 40.6 Å². The maximum absolute atomic E-state index is 11.6. The Hall–Kier alpha value is -3.40. The third-order valence-electron chi connectivity index (χ3n) is 4.67. The Labute approximate surface area is 144 Å². The first kappa shape index (κ1) is 14.0. The highest BCUT2D eigenvalue weighted by molar-refractivity contribution is 6.00. The van der Waals surface area contributed by atoms with E-state index in [0.717, 1.165) is 33.5 Å². The van der Waals surface area contributed by atoms with Crippen molar-refractivity contribution < 1.29 is 0 Å². The van der Waals surface area contributed by atoms with Crippen LogP contribution in [0.2, 0.25) is 0 Å². The quantitative estimate of drug-likeness (QED) is 0.552. The predicted molar refractivity (Wildman–Crippen MR) is 101 cm³/mol. The van der Waals surface area contributed by atoms with Crippen LogP contribution in [-0.4, -0.2) is 9.97 Å². The van der Waals surface area contributed by atoms with Gasteiger partial charge in [0.25, 0.3) is 0 Å². The molecule has 2 aromatic heterocycles. The molecule has 0 amide bonds. The van der Waals surface area contributed by atoms with E-state index in [4.69, 9.17) is 4.98 Å². The van der Waals surface area contributed by atoms with E-state index in [0.29, 0.717) is 6.54 Å². The van der Waals surface area contributed by atoms with E-state index in [1.807, 2.05) is 30.3 Å². The maximum atomic E-state index is 11.6. The van der Waals surface area contributed by atoms with Crippen molar-refractivity contribution in [3.8, 4) is 22.4 Å². The largest absolute Gasteiger partial charge is 0.367 e. The number of para-hydroxylation sites is 1. The van der Waals surface area contributed by atoms with Gasteiger partial charge in [0.1, 0.15) is 5.82 Å².